The van der Waals surface area contributed by atoms with E-state index in [0.29, 0.717) is 11.1 Å². The highest BCUT2D eigenvalue weighted by atomic mass is 79.9. The van der Waals surface area contributed by atoms with Gasteiger partial charge in [-0.2, -0.15) is 0 Å². The quantitative estimate of drug-likeness (QED) is 0.274. The summed E-state index contributed by atoms with van der Waals surface area (Å²) in [6, 6.07) is 13.4. The Bertz CT molecular complexity index is 1190. The van der Waals surface area contributed by atoms with Crippen LogP contribution in [0.3, 0.4) is 0 Å². The zero-order valence-corrected chi connectivity index (χ0v) is 19.0. The SMILES string of the molecule is NC(=C(Cc1ccc(S(=O)O)cc1)C(=O)Nc1nc(C(=O)O)cs1)c1cccc(Br)c1. The molecule has 0 fully saturated rings. The van der Waals surface area contributed by atoms with Crippen LogP contribution in [0.5, 0.6) is 0 Å². The second-order valence-electron chi connectivity index (χ2n) is 6.27. The van der Waals surface area contributed by atoms with Crippen molar-refractivity contribution in [3.8, 4) is 0 Å². The minimum Gasteiger partial charge on any atom is -0.476 e. The van der Waals surface area contributed by atoms with Gasteiger partial charge in [0, 0.05) is 27.5 Å². The topological polar surface area (TPSA) is 143 Å². The fraction of sp³-hybridized carbons (Fsp3) is 0.0500. The summed E-state index contributed by atoms with van der Waals surface area (Å²) in [4.78, 5) is 28.2. The van der Waals surface area contributed by atoms with E-state index in [2.05, 4.69) is 26.2 Å². The van der Waals surface area contributed by atoms with Gasteiger partial charge in [0.15, 0.2) is 21.9 Å². The number of carbonyl (C=O) groups excluding carboxylic acids is 1. The molecular weight excluding hydrogens is 506 g/mol. The number of nitrogens with two attached hydrogens (primary N) is 1. The number of aromatic nitrogens is 1. The number of halogens is 1. The van der Waals surface area contributed by atoms with Crippen LogP contribution < -0.4 is 11.1 Å². The van der Waals surface area contributed by atoms with Gasteiger partial charge in [0.1, 0.15) is 0 Å². The highest BCUT2D eigenvalue weighted by Crippen LogP contribution is 2.24. The molecule has 0 aliphatic carbocycles. The van der Waals surface area contributed by atoms with E-state index in [1.807, 2.05) is 6.07 Å². The van der Waals surface area contributed by atoms with Crippen LogP contribution >= 0.6 is 27.3 Å². The monoisotopic (exact) mass is 521 g/mol. The van der Waals surface area contributed by atoms with E-state index in [1.165, 1.54) is 17.5 Å². The molecule has 160 valence electrons. The lowest BCUT2D eigenvalue weighted by atomic mass is 9.99. The van der Waals surface area contributed by atoms with Gasteiger partial charge in [-0.05, 0) is 35.4 Å². The summed E-state index contributed by atoms with van der Waals surface area (Å²) in [5.74, 6) is -1.72. The largest absolute Gasteiger partial charge is 0.476 e. The molecule has 1 heterocycles. The molecule has 1 amide bonds. The molecule has 1 unspecified atom stereocenters. The lowest BCUT2D eigenvalue weighted by Crippen LogP contribution is -2.20. The molecule has 5 N–H and O–H groups in total. The predicted molar refractivity (Wildman–Crippen MR) is 122 cm³/mol. The number of amides is 1. The first-order valence-electron chi connectivity index (χ1n) is 8.69. The highest BCUT2D eigenvalue weighted by molar-refractivity contribution is 9.10. The molecule has 0 aliphatic heterocycles. The maximum absolute atomic E-state index is 13.0. The number of rotatable bonds is 7. The standard InChI is InChI=1S/C20H16BrN3O5S2/c21-13-3-1-2-12(9-13)17(22)15(8-11-4-6-14(7-5-11)31(28)29)18(25)24-20-23-16(10-30-20)19(26)27/h1-7,9-10H,8,22H2,(H,26,27)(H,28,29)(H,23,24,25). The number of carbonyl (C=O) groups is 2. The van der Waals surface area contributed by atoms with Gasteiger partial charge in [0.25, 0.3) is 5.91 Å². The minimum absolute atomic E-state index is 0.132. The van der Waals surface area contributed by atoms with E-state index in [0.717, 1.165) is 15.8 Å². The number of carboxylic acids is 1. The van der Waals surface area contributed by atoms with E-state index in [1.54, 1.807) is 30.3 Å². The van der Waals surface area contributed by atoms with Crippen LogP contribution in [0, 0.1) is 0 Å². The van der Waals surface area contributed by atoms with Crippen molar-refractivity contribution >= 4 is 61.1 Å². The van der Waals surface area contributed by atoms with Crippen LogP contribution in [0.4, 0.5) is 5.13 Å². The van der Waals surface area contributed by atoms with Crippen molar-refractivity contribution in [2.24, 2.45) is 5.73 Å². The fourth-order valence-electron chi connectivity index (χ4n) is 2.66. The zero-order chi connectivity index (χ0) is 22.5. The molecule has 0 saturated heterocycles. The molecule has 3 aromatic rings. The second kappa shape index (κ2) is 9.96. The van der Waals surface area contributed by atoms with Crippen LogP contribution in [0.25, 0.3) is 5.70 Å². The van der Waals surface area contributed by atoms with Gasteiger partial charge in [0.05, 0.1) is 4.90 Å². The van der Waals surface area contributed by atoms with Crippen LogP contribution in [0.2, 0.25) is 0 Å². The number of thiazole rings is 1. The van der Waals surface area contributed by atoms with E-state index < -0.39 is 23.0 Å². The number of nitrogens with one attached hydrogen (secondary N) is 1. The van der Waals surface area contributed by atoms with Gasteiger partial charge in [-0.25, -0.2) is 14.0 Å². The summed E-state index contributed by atoms with van der Waals surface area (Å²) in [7, 11) is 0. The van der Waals surface area contributed by atoms with E-state index in [-0.39, 0.29) is 33.4 Å². The zero-order valence-electron chi connectivity index (χ0n) is 15.7. The molecule has 2 aromatic carbocycles. The normalized spacial score (nSPS) is 12.7. The molecule has 0 spiro atoms. The van der Waals surface area contributed by atoms with E-state index in [4.69, 9.17) is 10.8 Å². The number of nitrogens with zero attached hydrogens (tertiary/aromatic N) is 1. The maximum atomic E-state index is 13.0. The number of carboxylic acid groups (broad SMARTS) is 1. The summed E-state index contributed by atoms with van der Waals surface area (Å²) in [5, 5.41) is 13.1. The molecule has 0 aliphatic rings. The minimum atomic E-state index is -2.10. The average Bonchev–Trinajstić information content (AvgIpc) is 3.20. The summed E-state index contributed by atoms with van der Waals surface area (Å²) < 4.78 is 21.2. The Balaban J connectivity index is 1.96. The number of hydrogen-bond acceptors (Lipinski definition) is 6. The predicted octanol–water partition coefficient (Wildman–Crippen LogP) is 3.74. The van der Waals surface area contributed by atoms with Gasteiger partial charge in [-0.15, -0.1) is 11.3 Å². The Morgan fingerprint density at radius 1 is 1.19 bits per heavy atom. The molecular formula is C20H16BrN3O5S2. The van der Waals surface area contributed by atoms with Crippen molar-refractivity contribution in [2.75, 3.05) is 5.32 Å². The molecule has 31 heavy (non-hydrogen) atoms. The third-order valence-corrected chi connectivity index (χ3v) is 6.11. The Morgan fingerprint density at radius 3 is 2.48 bits per heavy atom. The van der Waals surface area contributed by atoms with Gasteiger partial charge >= 0.3 is 5.97 Å². The second-order valence-corrected chi connectivity index (χ2v) is 9.01. The van der Waals surface area contributed by atoms with Crippen LogP contribution in [0.1, 0.15) is 21.6 Å². The fourth-order valence-corrected chi connectivity index (χ4v) is 4.11. The Morgan fingerprint density at radius 2 is 1.90 bits per heavy atom. The molecule has 1 atom stereocenters. The van der Waals surface area contributed by atoms with Crippen molar-refractivity contribution in [3.05, 3.63) is 80.8 Å². The van der Waals surface area contributed by atoms with Gasteiger partial charge < -0.3 is 15.4 Å². The lowest BCUT2D eigenvalue weighted by Gasteiger charge is -2.13. The number of hydrogen-bond donors (Lipinski definition) is 4. The molecule has 0 radical (unpaired) electrons. The van der Waals surface area contributed by atoms with Crippen molar-refractivity contribution in [2.45, 2.75) is 11.3 Å². The molecule has 3 rings (SSSR count). The molecule has 0 bridgehead atoms. The van der Waals surface area contributed by atoms with Gasteiger partial charge in [0.2, 0.25) is 0 Å². The van der Waals surface area contributed by atoms with Crippen molar-refractivity contribution in [1.82, 2.24) is 4.98 Å². The number of aromatic carboxylic acids is 1. The Kier molecular flexibility index (Phi) is 7.33. The molecule has 8 nitrogen and oxygen atoms in total. The summed E-state index contributed by atoms with van der Waals surface area (Å²) in [6.45, 7) is 0. The first kappa shape index (κ1) is 22.8. The third kappa shape index (κ3) is 5.85. The Hall–Kier alpha value is -2.86. The van der Waals surface area contributed by atoms with Crippen molar-refractivity contribution in [3.63, 3.8) is 0 Å². The number of benzene rings is 2. The van der Waals surface area contributed by atoms with Gasteiger partial charge in [-0.3, -0.25) is 10.1 Å². The smallest absolute Gasteiger partial charge is 0.355 e. The molecule has 1 aromatic heterocycles. The summed E-state index contributed by atoms with van der Waals surface area (Å²) in [6.07, 6.45) is 0.139. The summed E-state index contributed by atoms with van der Waals surface area (Å²) in [5.41, 5.74) is 7.97. The summed E-state index contributed by atoms with van der Waals surface area (Å²) >= 11 is 2.26. The van der Waals surface area contributed by atoms with Gasteiger partial charge in [-0.1, -0.05) is 40.2 Å². The van der Waals surface area contributed by atoms with Crippen molar-refractivity contribution in [1.29, 1.82) is 0 Å². The average molecular weight is 522 g/mol. The van der Waals surface area contributed by atoms with Crippen LogP contribution in [0.15, 0.2) is 68.9 Å². The molecule has 11 heteroatoms. The first-order chi connectivity index (χ1) is 14.7. The highest BCUT2D eigenvalue weighted by Gasteiger charge is 2.19. The molecule has 0 saturated carbocycles. The lowest BCUT2D eigenvalue weighted by molar-refractivity contribution is -0.112. The van der Waals surface area contributed by atoms with Crippen LogP contribution in [-0.2, 0) is 22.3 Å². The Labute approximate surface area is 192 Å². The van der Waals surface area contributed by atoms with E-state index in [9.17, 15) is 18.4 Å². The van der Waals surface area contributed by atoms with Crippen molar-refractivity contribution < 1.29 is 23.5 Å². The van der Waals surface area contributed by atoms with E-state index >= 15 is 0 Å². The van der Waals surface area contributed by atoms with Crippen LogP contribution in [-0.4, -0.2) is 30.7 Å². The number of anilines is 1. The maximum Gasteiger partial charge on any atom is 0.355 e. The third-order valence-electron chi connectivity index (χ3n) is 4.18. The first-order valence-corrected chi connectivity index (χ1v) is 11.5.